The molecule has 1 aliphatic heterocycles. The number of piperazine rings is 1. The first-order valence-electron chi connectivity index (χ1n) is 11.9. The van der Waals surface area contributed by atoms with Crippen LogP contribution >= 0.6 is 0 Å². The molecule has 0 amide bonds. The highest BCUT2D eigenvalue weighted by molar-refractivity contribution is 5.81. The van der Waals surface area contributed by atoms with E-state index in [2.05, 4.69) is 69.3 Å². The van der Waals surface area contributed by atoms with Gasteiger partial charge in [0, 0.05) is 37.3 Å². The number of hydrogen-bond acceptors (Lipinski definition) is 6. The topological polar surface area (TPSA) is 82.9 Å². The maximum Gasteiger partial charge on any atom is 0.253 e. The molecule has 32 heavy (non-hydrogen) atoms. The highest BCUT2D eigenvalue weighted by atomic mass is 16.1. The largest absolute Gasteiger partial charge is 0.322 e. The van der Waals surface area contributed by atoms with Gasteiger partial charge in [0.1, 0.15) is 6.04 Å². The van der Waals surface area contributed by atoms with Crippen molar-refractivity contribution < 1.29 is 0 Å². The monoisotopic (exact) mass is 435 g/mol. The molecule has 0 bridgehead atoms. The number of H-pyrrole nitrogens is 1. The van der Waals surface area contributed by atoms with Gasteiger partial charge in [-0.3, -0.25) is 9.69 Å². The van der Waals surface area contributed by atoms with E-state index in [1.165, 1.54) is 24.0 Å². The van der Waals surface area contributed by atoms with Gasteiger partial charge in [-0.25, -0.2) is 4.68 Å². The van der Waals surface area contributed by atoms with E-state index < -0.39 is 0 Å². The Morgan fingerprint density at radius 1 is 1.06 bits per heavy atom. The molecule has 2 aromatic heterocycles. The zero-order valence-electron chi connectivity index (χ0n) is 19.3. The summed E-state index contributed by atoms with van der Waals surface area (Å²) in [6.45, 7) is 11.2. The Morgan fingerprint density at radius 2 is 1.78 bits per heavy atom. The van der Waals surface area contributed by atoms with E-state index in [4.69, 9.17) is 0 Å². The standard InChI is InChI=1S/C24H33N7O/c1-4-29-9-11-30(12-10-29)22(23-26-27-28-31(23)19-7-5-6-8-19)20-15-18-13-16(2)17(3)14-21(18)25-24(20)32/h13-15,19,22H,4-12H2,1-3H3,(H,25,32)/t22-/m0/s1. The zero-order chi connectivity index (χ0) is 22.2. The van der Waals surface area contributed by atoms with Crippen molar-refractivity contribution in [1.82, 2.24) is 35.0 Å². The Balaban J connectivity index is 1.62. The summed E-state index contributed by atoms with van der Waals surface area (Å²) in [5.41, 5.74) is 3.97. The predicted molar refractivity (Wildman–Crippen MR) is 125 cm³/mol. The van der Waals surface area contributed by atoms with Gasteiger partial charge in [0.25, 0.3) is 5.56 Å². The Hall–Kier alpha value is -2.58. The van der Waals surface area contributed by atoms with Crippen LogP contribution in [0.3, 0.4) is 0 Å². The first-order chi connectivity index (χ1) is 15.5. The average Bonchev–Trinajstić information content (AvgIpc) is 3.48. The van der Waals surface area contributed by atoms with Crippen LogP contribution < -0.4 is 5.56 Å². The van der Waals surface area contributed by atoms with E-state index in [0.717, 1.165) is 67.9 Å². The summed E-state index contributed by atoms with van der Waals surface area (Å²) in [6.07, 6.45) is 4.61. The molecule has 1 N–H and O–H groups in total. The third kappa shape index (κ3) is 3.86. The summed E-state index contributed by atoms with van der Waals surface area (Å²) in [7, 11) is 0. The Bertz CT molecular complexity index is 1150. The molecule has 0 spiro atoms. The molecular weight excluding hydrogens is 402 g/mol. The molecule has 3 heterocycles. The lowest BCUT2D eigenvalue weighted by molar-refractivity contribution is 0.107. The van der Waals surface area contributed by atoms with Gasteiger partial charge >= 0.3 is 0 Å². The van der Waals surface area contributed by atoms with Crippen molar-refractivity contribution in [2.75, 3.05) is 32.7 Å². The molecule has 0 radical (unpaired) electrons. The number of benzene rings is 1. The van der Waals surface area contributed by atoms with Crippen molar-refractivity contribution in [3.8, 4) is 0 Å². The van der Waals surface area contributed by atoms with Gasteiger partial charge in [-0.1, -0.05) is 19.8 Å². The van der Waals surface area contributed by atoms with E-state index in [1.807, 2.05) is 4.68 Å². The van der Waals surface area contributed by atoms with E-state index in [1.54, 1.807) is 0 Å². The molecule has 1 aliphatic carbocycles. The van der Waals surface area contributed by atoms with Crippen molar-refractivity contribution in [1.29, 1.82) is 0 Å². The fourth-order valence-electron chi connectivity index (χ4n) is 5.32. The van der Waals surface area contributed by atoms with E-state index >= 15 is 0 Å². The summed E-state index contributed by atoms with van der Waals surface area (Å²) in [5, 5.41) is 14.0. The number of hydrogen-bond donors (Lipinski definition) is 1. The summed E-state index contributed by atoms with van der Waals surface area (Å²) in [5.74, 6) is 0.801. The van der Waals surface area contributed by atoms with Crippen LogP contribution in [0, 0.1) is 13.8 Å². The van der Waals surface area contributed by atoms with Crippen LogP contribution in [0.25, 0.3) is 10.9 Å². The molecule has 2 aliphatic rings. The van der Waals surface area contributed by atoms with Gasteiger partial charge in [0.2, 0.25) is 0 Å². The minimum atomic E-state index is -0.251. The van der Waals surface area contributed by atoms with Gasteiger partial charge in [-0.05, 0) is 78.4 Å². The molecule has 1 aromatic carbocycles. The first kappa shape index (κ1) is 21.3. The number of rotatable bonds is 5. The van der Waals surface area contributed by atoms with Crippen molar-refractivity contribution in [2.24, 2.45) is 0 Å². The second-order valence-corrected chi connectivity index (χ2v) is 9.37. The van der Waals surface area contributed by atoms with Crippen LogP contribution in [-0.4, -0.2) is 67.7 Å². The summed E-state index contributed by atoms with van der Waals surface area (Å²) in [4.78, 5) is 21.4. The number of aromatic nitrogens is 5. The quantitative estimate of drug-likeness (QED) is 0.663. The number of nitrogens with zero attached hydrogens (tertiary/aromatic N) is 6. The van der Waals surface area contributed by atoms with Gasteiger partial charge in [0.05, 0.1) is 6.04 Å². The first-order valence-corrected chi connectivity index (χ1v) is 11.9. The van der Waals surface area contributed by atoms with Crippen LogP contribution in [0.15, 0.2) is 23.0 Å². The summed E-state index contributed by atoms with van der Waals surface area (Å²) >= 11 is 0. The van der Waals surface area contributed by atoms with Gasteiger partial charge in [0.15, 0.2) is 5.82 Å². The van der Waals surface area contributed by atoms with Crippen molar-refractivity contribution in [3.63, 3.8) is 0 Å². The minimum Gasteiger partial charge on any atom is -0.322 e. The van der Waals surface area contributed by atoms with Crippen molar-refractivity contribution >= 4 is 10.9 Å². The van der Waals surface area contributed by atoms with Gasteiger partial charge < -0.3 is 9.88 Å². The van der Waals surface area contributed by atoms with Crippen LogP contribution in [0.5, 0.6) is 0 Å². The summed E-state index contributed by atoms with van der Waals surface area (Å²) in [6, 6.07) is 6.36. The number of tetrazole rings is 1. The molecule has 8 nitrogen and oxygen atoms in total. The molecule has 1 atom stereocenters. The average molecular weight is 436 g/mol. The molecule has 1 saturated heterocycles. The lowest BCUT2D eigenvalue weighted by Gasteiger charge is -2.38. The molecule has 0 unspecified atom stereocenters. The maximum absolute atomic E-state index is 13.4. The fraction of sp³-hybridized carbons (Fsp3) is 0.583. The van der Waals surface area contributed by atoms with Crippen LogP contribution in [-0.2, 0) is 0 Å². The van der Waals surface area contributed by atoms with Crippen molar-refractivity contribution in [3.05, 3.63) is 51.1 Å². The maximum atomic E-state index is 13.4. The molecule has 3 aromatic rings. The zero-order valence-corrected chi connectivity index (χ0v) is 19.3. The Kier molecular flexibility index (Phi) is 5.82. The number of fused-ring (bicyclic) bond motifs is 1. The number of nitrogens with one attached hydrogen (secondary N) is 1. The molecule has 5 rings (SSSR count). The third-order valence-corrected chi connectivity index (χ3v) is 7.43. The van der Waals surface area contributed by atoms with E-state index in [9.17, 15) is 4.79 Å². The number of aromatic amines is 1. The lowest BCUT2D eigenvalue weighted by Crippen LogP contribution is -2.49. The molecular formula is C24H33N7O. The summed E-state index contributed by atoms with van der Waals surface area (Å²) < 4.78 is 2.01. The van der Waals surface area contributed by atoms with E-state index in [0.29, 0.717) is 6.04 Å². The van der Waals surface area contributed by atoms with Crippen molar-refractivity contribution in [2.45, 2.75) is 58.5 Å². The van der Waals surface area contributed by atoms with Gasteiger partial charge in [-0.15, -0.1) is 5.10 Å². The minimum absolute atomic E-state index is 0.0513. The molecule has 2 fully saturated rings. The number of pyridine rings is 1. The van der Waals surface area contributed by atoms with Gasteiger partial charge in [-0.2, -0.15) is 0 Å². The third-order valence-electron chi connectivity index (χ3n) is 7.43. The van der Waals surface area contributed by atoms with Crippen LogP contribution in [0.2, 0.25) is 0 Å². The normalized spacial score (nSPS) is 19.7. The Morgan fingerprint density at radius 3 is 2.50 bits per heavy atom. The molecule has 1 saturated carbocycles. The SMILES string of the molecule is CCN1CCN([C@@H](c2cc3cc(C)c(C)cc3[nH]c2=O)c2nnnn2C2CCCC2)CC1. The van der Waals surface area contributed by atoms with E-state index in [-0.39, 0.29) is 11.6 Å². The Labute approximate surface area is 188 Å². The fourth-order valence-corrected chi connectivity index (χ4v) is 5.32. The number of aryl methyl sites for hydroxylation is 2. The molecule has 170 valence electrons. The van der Waals surface area contributed by atoms with Crippen LogP contribution in [0.4, 0.5) is 0 Å². The van der Waals surface area contributed by atoms with Crippen LogP contribution in [0.1, 0.15) is 67.2 Å². The smallest absolute Gasteiger partial charge is 0.253 e. The lowest BCUT2D eigenvalue weighted by atomic mass is 10.00. The predicted octanol–water partition coefficient (Wildman–Crippen LogP) is 2.97. The number of likely N-dealkylation sites (N-methyl/N-ethyl adjacent to an activating group) is 1. The highest BCUT2D eigenvalue weighted by Crippen LogP contribution is 2.34. The second-order valence-electron chi connectivity index (χ2n) is 9.37. The second kappa shape index (κ2) is 8.75. The molecule has 8 heteroatoms. The highest BCUT2D eigenvalue weighted by Gasteiger charge is 2.34.